The summed E-state index contributed by atoms with van der Waals surface area (Å²) in [5, 5.41) is 8.50. The van der Waals surface area contributed by atoms with Crippen LogP contribution in [0.1, 0.15) is 50.2 Å². The van der Waals surface area contributed by atoms with Crippen molar-refractivity contribution in [2.45, 2.75) is 44.8 Å². The molecular formula is C15H22O4S. The third-order valence-corrected chi connectivity index (χ3v) is 4.81. The fourth-order valence-electron chi connectivity index (χ4n) is 1.92. The van der Waals surface area contributed by atoms with Crippen LogP contribution in [0.2, 0.25) is 0 Å². The van der Waals surface area contributed by atoms with Crippen LogP contribution in [-0.2, 0) is 20.4 Å². The Morgan fingerprint density at radius 2 is 1.75 bits per heavy atom. The largest absolute Gasteiger partial charge is 0.481 e. The van der Waals surface area contributed by atoms with Crippen LogP contribution in [0.25, 0.3) is 0 Å². The zero-order valence-electron chi connectivity index (χ0n) is 12.0. The Morgan fingerprint density at radius 1 is 1.15 bits per heavy atom. The van der Waals surface area contributed by atoms with Crippen molar-refractivity contribution in [1.82, 2.24) is 0 Å². The number of aliphatic carboxylic acids is 1. The van der Waals surface area contributed by atoms with Crippen molar-refractivity contribution in [3.8, 4) is 0 Å². The molecule has 0 heterocycles. The van der Waals surface area contributed by atoms with Gasteiger partial charge in [0.15, 0.2) is 9.84 Å². The number of carboxylic acids is 1. The van der Waals surface area contributed by atoms with Gasteiger partial charge in [-0.2, -0.15) is 0 Å². The van der Waals surface area contributed by atoms with Crippen molar-refractivity contribution in [2.75, 3.05) is 5.75 Å². The van der Waals surface area contributed by atoms with E-state index in [2.05, 4.69) is 13.8 Å². The van der Waals surface area contributed by atoms with Crippen LogP contribution in [0.15, 0.2) is 24.3 Å². The highest BCUT2D eigenvalue weighted by Gasteiger charge is 2.12. The second-order valence-corrected chi connectivity index (χ2v) is 7.52. The number of unbranched alkanes of at least 4 members (excludes halogenated alkanes) is 1. The second kappa shape index (κ2) is 7.43. The Hall–Kier alpha value is -1.36. The van der Waals surface area contributed by atoms with Crippen LogP contribution < -0.4 is 0 Å². The van der Waals surface area contributed by atoms with E-state index in [1.165, 1.54) is 5.56 Å². The molecule has 0 aliphatic rings. The van der Waals surface area contributed by atoms with Crippen LogP contribution in [0.5, 0.6) is 0 Å². The van der Waals surface area contributed by atoms with Crippen LogP contribution in [0, 0.1) is 0 Å². The summed E-state index contributed by atoms with van der Waals surface area (Å²) < 4.78 is 23.8. The molecule has 0 amide bonds. The second-order valence-electron chi connectivity index (χ2n) is 5.34. The van der Waals surface area contributed by atoms with Crippen molar-refractivity contribution in [1.29, 1.82) is 0 Å². The number of carbonyl (C=O) groups is 1. The molecule has 0 saturated carbocycles. The first-order chi connectivity index (χ1) is 9.30. The Bertz CT molecular complexity index is 529. The molecule has 1 aromatic rings. The number of hydrogen-bond donors (Lipinski definition) is 1. The van der Waals surface area contributed by atoms with E-state index < -0.39 is 15.8 Å². The lowest BCUT2D eigenvalue weighted by atomic mass is 10.0. The number of hydrogen-bond acceptors (Lipinski definition) is 3. The van der Waals surface area contributed by atoms with Gasteiger partial charge in [-0.25, -0.2) is 8.42 Å². The zero-order valence-corrected chi connectivity index (χ0v) is 12.8. The first kappa shape index (κ1) is 16.7. The van der Waals surface area contributed by atoms with Crippen molar-refractivity contribution < 1.29 is 18.3 Å². The maximum atomic E-state index is 11.9. The Balaban J connectivity index is 2.51. The number of rotatable bonds is 8. The molecule has 0 fully saturated rings. The van der Waals surface area contributed by atoms with Crippen LogP contribution in [0.3, 0.4) is 0 Å². The Labute approximate surface area is 120 Å². The average molecular weight is 298 g/mol. The first-order valence-electron chi connectivity index (χ1n) is 6.81. The van der Waals surface area contributed by atoms with Crippen molar-refractivity contribution in [3.63, 3.8) is 0 Å². The lowest BCUT2D eigenvalue weighted by Crippen LogP contribution is -2.10. The Morgan fingerprint density at radius 3 is 2.25 bits per heavy atom. The van der Waals surface area contributed by atoms with Gasteiger partial charge in [0.05, 0.1) is 11.5 Å². The maximum Gasteiger partial charge on any atom is 0.303 e. The van der Waals surface area contributed by atoms with Gasteiger partial charge in [-0.15, -0.1) is 0 Å². The molecule has 112 valence electrons. The molecule has 0 saturated heterocycles. The lowest BCUT2D eigenvalue weighted by molar-refractivity contribution is -0.137. The summed E-state index contributed by atoms with van der Waals surface area (Å²) >= 11 is 0. The molecule has 0 unspecified atom stereocenters. The first-order valence-corrected chi connectivity index (χ1v) is 8.63. The standard InChI is InChI=1S/C15H22O4S/c1-12(2)14-8-6-13(7-9-14)11-20(18,19)10-4-3-5-15(16)17/h6-9,12H,3-5,10-11H2,1-2H3,(H,16,17). The van der Waals surface area contributed by atoms with E-state index >= 15 is 0 Å². The molecule has 5 heteroatoms. The molecule has 4 nitrogen and oxygen atoms in total. The van der Waals surface area contributed by atoms with Gasteiger partial charge >= 0.3 is 5.97 Å². The summed E-state index contributed by atoms with van der Waals surface area (Å²) in [6.45, 7) is 4.18. The van der Waals surface area contributed by atoms with Gasteiger partial charge in [-0.1, -0.05) is 38.1 Å². The van der Waals surface area contributed by atoms with E-state index in [1.807, 2.05) is 24.3 Å². The minimum atomic E-state index is -3.16. The predicted octanol–water partition coefficient (Wildman–Crippen LogP) is 2.98. The number of benzene rings is 1. The molecule has 1 rings (SSSR count). The van der Waals surface area contributed by atoms with E-state index in [4.69, 9.17) is 5.11 Å². The molecule has 1 N–H and O–H groups in total. The minimum Gasteiger partial charge on any atom is -0.481 e. The van der Waals surface area contributed by atoms with E-state index in [0.29, 0.717) is 18.8 Å². The molecule has 0 aliphatic heterocycles. The zero-order chi connectivity index (χ0) is 15.2. The van der Waals surface area contributed by atoms with Gasteiger partial charge in [0.1, 0.15) is 0 Å². The smallest absolute Gasteiger partial charge is 0.303 e. The fourth-order valence-corrected chi connectivity index (χ4v) is 3.41. The van der Waals surface area contributed by atoms with Gasteiger partial charge < -0.3 is 5.11 Å². The summed E-state index contributed by atoms with van der Waals surface area (Å²) in [6, 6.07) is 7.62. The van der Waals surface area contributed by atoms with Gasteiger partial charge in [0.2, 0.25) is 0 Å². The molecule has 20 heavy (non-hydrogen) atoms. The van der Waals surface area contributed by atoms with E-state index in [0.717, 1.165) is 5.56 Å². The summed E-state index contributed by atoms with van der Waals surface area (Å²) in [5.74, 6) is -0.381. The van der Waals surface area contributed by atoms with Gasteiger partial charge in [0.25, 0.3) is 0 Å². The van der Waals surface area contributed by atoms with Crippen LogP contribution in [-0.4, -0.2) is 25.2 Å². The highest BCUT2D eigenvalue weighted by Crippen LogP contribution is 2.16. The number of carboxylic acid groups (broad SMARTS) is 1. The summed E-state index contributed by atoms with van der Waals surface area (Å²) in [4.78, 5) is 10.4. The fraction of sp³-hybridized carbons (Fsp3) is 0.533. The highest BCUT2D eigenvalue weighted by atomic mass is 32.2. The molecule has 0 aromatic heterocycles. The normalized spacial score (nSPS) is 11.8. The van der Waals surface area contributed by atoms with Gasteiger partial charge in [-0.3, -0.25) is 4.79 Å². The van der Waals surface area contributed by atoms with Crippen LogP contribution in [0.4, 0.5) is 0 Å². The average Bonchev–Trinajstić information content (AvgIpc) is 2.34. The molecule has 1 aromatic carbocycles. The van der Waals surface area contributed by atoms with Gasteiger partial charge in [0, 0.05) is 6.42 Å². The molecular weight excluding hydrogens is 276 g/mol. The predicted molar refractivity (Wildman–Crippen MR) is 79.5 cm³/mol. The topological polar surface area (TPSA) is 71.4 Å². The van der Waals surface area contributed by atoms with Crippen molar-refractivity contribution >= 4 is 15.8 Å². The molecule has 0 spiro atoms. The maximum absolute atomic E-state index is 11.9. The third-order valence-electron chi connectivity index (χ3n) is 3.13. The minimum absolute atomic E-state index is 0.0262. The lowest BCUT2D eigenvalue weighted by Gasteiger charge is -2.07. The van der Waals surface area contributed by atoms with Crippen LogP contribution >= 0.6 is 0 Å². The summed E-state index contributed by atoms with van der Waals surface area (Å²) in [7, 11) is -3.16. The van der Waals surface area contributed by atoms with Crippen molar-refractivity contribution in [2.24, 2.45) is 0 Å². The summed E-state index contributed by atoms with van der Waals surface area (Å²) in [5.41, 5.74) is 1.97. The molecule has 0 radical (unpaired) electrons. The molecule has 0 bridgehead atoms. The SMILES string of the molecule is CC(C)c1ccc(CS(=O)(=O)CCCCC(=O)O)cc1. The van der Waals surface area contributed by atoms with E-state index in [-0.39, 0.29) is 17.9 Å². The van der Waals surface area contributed by atoms with Crippen molar-refractivity contribution in [3.05, 3.63) is 35.4 Å². The Kier molecular flexibility index (Phi) is 6.20. The van der Waals surface area contributed by atoms with Gasteiger partial charge in [-0.05, 0) is 29.9 Å². The van der Waals surface area contributed by atoms with E-state index in [9.17, 15) is 13.2 Å². The molecule has 0 atom stereocenters. The molecule has 0 aliphatic carbocycles. The highest BCUT2D eigenvalue weighted by molar-refractivity contribution is 7.90. The third kappa shape index (κ3) is 6.19. The van der Waals surface area contributed by atoms with E-state index in [1.54, 1.807) is 0 Å². The monoisotopic (exact) mass is 298 g/mol. The quantitative estimate of drug-likeness (QED) is 0.749. The number of sulfone groups is 1. The summed E-state index contributed by atoms with van der Waals surface area (Å²) in [6.07, 6.45) is 0.832.